The molecule has 1 nitrogen and oxygen atoms in total. The second-order valence-corrected chi connectivity index (χ2v) is 2.56. The molecule has 0 amide bonds. The van der Waals surface area contributed by atoms with Crippen molar-refractivity contribution < 1.29 is 0 Å². The van der Waals surface area contributed by atoms with Crippen LogP contribution in [0.25, 0.3) is 0 Å². The first kappa shape index (κ1) is 8.79. The highest BCUT2D eigenvalue weighted by Crippen LogP contribution is 2.09. The Hall–Kier alpha value is -1.30. The lowest BCUT2D eigenvalue weighted by atomic mass is 10.1. The molecular weight excluding hydrogens is 146 g/mol. The van der Waals surface area contributed by atoms with Gasteiger partial charge in [-0.25, -0.2) is 0 Å². The minimum Gasteiger partial charge on any atom is -0.320 e. The monoisotopic (exact) mass is 159 g/mol. The van der Waals surface area contributed by atoms with E-state index in [1.165, 1.54) is 0 Å². The molecule has 0 radical (unpaired) electrons. The summed E-state index contributed by atoms with van der Waals surface area (Å²) in [4.78, 5) is 0. The summed E-state index contributed by atoms with van der Waals surface area (Å²) < 4.78 is 0. The standard InChI is InChI=1S/C11H13N/c1-2-3-9-11(12)10-7-5-4-6-8-10/h2,4-9,11H,12H2,1H3/t3?,11-/m0/s1. The Bertz CT molecular complexity index is 281. The lowest BCUT2D eigenvalue weighted by molar-refractivity contribution is 0.913. The third kappa shape index (κ3) is 2.39. The molecule has 0 bridgehead atoms. The Morgan fingerprint density at radius 1 is 1.33 bits per heavy atom. The third-order valence-corrected chi connectivity index (χ3v) is 1.63. The molecule has 0 heterocycles. The van der Waals surface area contributed by atoms with E-state index in [-0.39, 0.29) is 6.04 Å². The minimum atomic E-state index is -0.0394. The maximum Gasteiger partial charge on any atom is 0.0556 e. The zero-order chi connectivity index (χ0) is 8.81. The number of rotatable bonds is 2. The fourth-order valence-electron chi connectivity index (χ4n) is 0.971. The molecule has 12 heavy (non-hydrogen) atoms. The average Bonchev–Trinajstić information content (AvgIpc) is 2.15. The molecule has 0 aliphatic rings. The first-order valence-electron chi connectivity index (χ1n) is 4.02. The van der Waals surface area contributed by atoms with E-state index in [0.29, 0.717) is 0 Å². The smallest absolute Gasteiger partial charge is 0.0556 e. The summed E-state index contributed by atoms with van der Waals surface area (Å²) in [7, 11) is 0. The fraction of sp³-hybridized carbons (Fsp3) is 0.182. The zero-order valence-electron chi connectivity index (χ0n) is 7.20. The van der Waals surface area contributed by atoms with Gasteiger partial charge in [-0.2, -0.15) is 0 Å². The third-order valence-electron chi connectivity index (χ3n) is 1.63. The van der Waals surface area contributed by atoms with Crippen LogP contribution in [-0.4, -0.2) is 0 Å². The molecule has 1 rings (SSSR count). The van der Waals surface area contributed by atoms with E-state index in [2.05, 4.69) is 5.73 Å². The second-order valence-electron chi connectivity index (χ2n) is 2.56. The molecule has 1 aromatic rings. The van der Waals surface area contributed by atoms with Crippen LogP contribution in [-0.2, 0) is 0 Å². The fourth-order valence-corrected chi connectivity index (χ4v) is 0.971. The number of hydrogen-bond acceptors (Lipinski definition) is 1. The SMILES string of the molecule is CC=C=C[C@H](N)c1ccccc1. The van der Waals surface area contributed by atoms with Crippen molar-refractivity contribution in [3.63, 3.8) is 0 Å². The van der Waals surface area contributed by atoms with Crippen LogP contribution < -0.4 is 5.73 Å². The molecule has 1 atom stereocenters. The van der Waals surface area contributed by atoms with E-state index in [9.17, 15) is 0 Å². The molecular formula is C11H13N. The molecule has 0 unspecified atom stereocenters. The summed E-state index contributed by atoms with van der Waals surface area (Å²) in [5.74, 6) is 0. The normalized spacial score (nSPS) is 11.5. The predicted molar refractivity (Wildman–Crippen MR) is 51.7 cm³/mol. The zero-order valence-corrected chi connectivity index (χ0v) is 7.20. The largest absolute Gasteiger partial charge is 0.320 e. The molecule has 0 aromatic heterocycles. The van der Waals surface area contributed by atoms with Crippen LogP contribution in [0.5, 0.6) is 0 Å². The predicted octanol–water partition coefficient (Wildman–Crippen LogP) is 2.42. The van der Waals surface area contributed by atoms with Crippen LogP contribution in [0.1, 0.15) is 18.5 Å². The summed E-state index contributed by atoms with van der Waals surface area (Å²) >= 11 is 0. The van der Waals surface area contributed by atoms with Crippen molar-refractivity contribution in [2.45, 2.75) is 13.0 Å². The molecule has 0 fully saturated rings. The maximum absolute atomic E-state index is 5.84. The van der Waals surface area contributed by atoms with Gasteiger partial charge in [0, 0.05) is 0 Å². The Morgan fingerprint density at radius 3 is 2.58 bits per heavy atom. The Labute approximate surface area is 73.2 Å². The minimum absolute atomic E-state index is 0.0394. The first-order chi connectivity index (χ1) is 5.84. The van der Waals surface area contributed by atoms with Crippen LogP contribution >= 0.6 is 0 Å². The van der Waals surface area contributed by atoms with Gasteiger partial charge < -0.3 is 5.73 Å². The van der Waals surface area contributed by atoms with Gasteiger partial charge in [-0.15, -0.1) is 5.73 Å². The lowest BCUT2D eigenvalue weighted by Gasteiger charge is -2.03. The van der Waals surface area contributed by atoms with E-state index in [0.717, 1.165) is 5.56 Å². The van der Waals surface area contributed by atoms with Gasteiger partial charge in [-0.3, -0.25) is 0 Å². The van der Waals surface area contributed by atoms with Gasteiger partial charge in [0.1, 0.15) is 0 Å². The summed E-state index contributed by atoms with van der Waals surface area (Å²) in [6, 6.07) is 9.94. The van der Waals surface area contributed by atoms with Crippen LogP contribution in [0, 0.1) is 0 Å². The summed E-state index contributed by atoms with van der Waals surface area (Å²) in [5, 5.41) is 0. The van der Waals surface area contributed by atoms with Crippen molar-refractivity contribution in [2.24, 2.45) is 5.73 Å². The first-order valence-corrected chi connectivity index (χ1v) is 4.02. The highest BCUT2D eigenvalue weighted by atomic mass is 14.6. The van der Waals surface area contributed by atoms with E-state index in [1.54, 1.807) is 0 Å². The highest BCUT2D eigenvalue weighted by molar-refractivity contribution is 5.21. The van der Waals surface area contributed by atoms with E-state index in [1.807, 2.05) is 49.4 Å². The van der Waals surface area contributed by atoms with Crippen LogP contribution in [0.15, 0.2) is 48.2 Å². The Morgan fingerprint density at radius 2 is 2.00 bits per heavy atom. The van der Waals surface area contributed by atoms with Crippen molar-refractivity contribution in [1.29, 1.82) is 0 Å². The molecule has 0 aliphatic carbocycles. The topological polar surface area (TPSA) is 26.0 Å². The van der Waals surface area contributed by atoms with Crippen LogP contribution in [0.2, 0.25) is 0 Å². The maximum atomic E-state index is 5.84. The van der Waals surface area contributed by atoms with Gasteiger partial charge >= 0.3 is 0 Å². The van der Waals surface area contributed by atoms with Gasteiger partial charge in [0.2, 0.25) is 0 Å². The van der Waals surface area contributed by atoms with Crippen molar-refractivity contribution >= 4 is 0 Å². The lowest BCUT2D eigenvalue weighted by Crippen LogP contribution is -2.05. The molecule has 62 valence electrons. The Balaban J connectivity index is 2.79. The van der Waals surface area contributed by atoms with E-state index < -0.39 is 0 Å². The van der Waals surface area contributed by atoms with E-state index in [4.69, 9.17) is 5.73 Å². The number of nitrogens with two attached hydrogens (primary N) is 1. The van der Waals surface area contributed by atoms with Crippen molar-refractivity contribution in [3.05, 3.63) is 53.8 Å². The molecule has 0 saturated carbocycles. The summed E-state index contributed by atoms with van der Waals surface area (Å²) in [5.41, 5.74) is 9.93. The molecule has 1 aromatic carbocycles. The molecule has 1 heteroatoms. The van der Waals surface area contributed by atoms with Gasteiger partial charge in [0.05, 0.1) is 6.04 Å². The highest BCUT2D eigenvalue weighted by Gasteiger charge is 1.97. The molecule has 0 spiro atoms. The van der Waals surface area contributed by atoms with Gasteiger partial charge in [-0.1, -0.05) is 30.3 Å². The average molecular weight is 159 g/mol. The van der Waals surface area contributed by atoms with Gasteiger partial charge in [0.15, 0.2) is 0 Å². The van der Waals surface area contributed by atoms with Crippen LogP contribution in [0.3, 0.4) is 0 Å². The Kier molecular flexibility index (Phi) is 3.34. The van der Waals surface area contributed by atoms with Gasteiger partial charge in [-0.05, 0) is 24.6 Å². The summed E-state index contributed by atoms with van der Waals surface area (Å²) in [6.45, 7) is 1.92. The van der Waals surface area contributed by atoms with Crippen LogP contribution in [0.4, 0.5) is 0 Å². The quantitative estimate of drug-likeness (QED) is 0.659. The summed E-state index contributed by atoms with van der Waals surface area (Å²) in [6.07, 6.45) is 3.71. The van der Waals surface area contributed by atoms with Crippen molar-refractivity contribution in [2.75, 3.05) is 0 Å². The number of hydrogen-bond donors (Lipinski definition) is 1. The van der Waals surface area contributed by atoms with Gasteiger partial charge in [0.25, 0.3) is 0 Å². The van der Waals surface area contributed by atoms with E-state index >= 15 is 0 Å². The molecule has 2 N–H and O–H groups in total. The number of benzene rings is 1. The van der Waals surface area contributed by atoms with Crippen molar-refractivity contribution in [3.8, 4) is 0 Å². The van der Waals surface area contributed by atoms with Crippen molar-refractivity contribution in [1.82, 2.24) is 0 Å². The molecule has 0 saturated heterocycles. The second kappa shape index (κ2) is 4.55. The molecule has 0 aliphatic heterocycles.